The summed E-state index contributed by atoms with van der Waals surface area (Å²) in [5.41, 5.74) is 2.61. The Bertz CT molecular complexity index is 468. The molecular weight excluding hydrogens is 264 g/mol. The third kappa shape index (κ3) is 3.39. The minimum absolute atomic E-state index is 0.0257. The van der Waals surface area contributed by atoms with E-state index in [9.17, 15) is 0 Å². The van der Waals surface area contributed by atoms with Crippen molar-refractivity contribution >= 4 is 0 Å². The molecule has 2 rings (SSSR count). The highest BCUT2D eigenvalue weighted by molar-refractivity contribution is 5.38. The van der Waals surface area contributed by atoms with Crippen molar-refractivity contribution in [3.05, 3.63) is 29.3 Å². The molecule has 0 spiro atoms. The molecule has 0 saturated carbocycles. The van der Waals surface area contributed by atoms with Gasteiger partial charge in [-0.3, -0.25) is 4.90 Å². The minimum atomic E-state index is 0.0257. The van der Waals surface area contributed by atoms with Gasteiger partial charge in [0.1, 0.15) is 5.75 Å². The number of benzene rings is 1. The van der Waals surface area contributed by atoms with E-state index in [2.05, 4.69) is 43.1 Å². The van der Waals surface area contributed by atoms with Crippen LogP contribution < -0.4 is 10.1 Å². The second kappa shape index (κ2) is 6.77. The number of aryl methyl sites for hydroxylation is 1. The van der Waals surface area contributed by atoms with Gasteiger partial charge in [-0.2, -0.15) is 0 Å². The summed E-state index contributed by atoms with van der Waals surface area (Å²) in [4.78, 5) is 2.52. The van der Waals surface area contributed by atoms with Crippen LogP contribution in [0.25, 0.3) is 0 Å². The fraction of sp³-hybridized carbons (Fsp3) is 0.647. The Labute approximate surface area is 128 Å². The lowest BCUT2D eigenvalue weighted by Crippen LogP contribution is -2.55. The van der Waals surface area contributed by atoms with E-state index in [1.54, 1.807) is 7.11 Å². The molecule has 1 aromatic rings. The predicted octanol–water partition coefficient (Wildman–Crippen LogP) is 2.37. The highest BCUT2D eigenvalue weighted by Gasteiger charge is 2.36. The topological polar surface area (TPSA) is 33.7 Å². The van der Waals surface area contributed by atoms with E-state index in [1.165, 1.54) is 11.1 Å². The fourth-order valence-electron chi connectivity index (χ4n) is 3.31. The predicted molar refractivity (Wildman–Crippen MR) is 86.0 cm³/mol. The number of hydrogen-bond donors (Lipinski definition) is 1. The first-order chi connectivity index (χ1) is 10.0. The maximum absolute atomic E-state index is 5.49. The SMILES string of the molecule is CNC(c1ccc(OC)cc1C)C(C)(C)N1CCOCC1. The van der Waals surface area contributed by atoms with Gasteiger partial charge in [0, 0.05) is 18.6 Å². The average molecular weight is 292 g/mol. The lowest BCUT2D eigenvalue weighted by atomic mass is 9.84. The van der Waals surface area contributed by atoms with Crippen LogP contribution in [0.3, 0.4) is 0 Å². The normalized spacial score (nSPS) is 18.5. The quantitative estimate of drug-likeness (QED) is 0.903. The zero-order chi connectivity index (χ0) is 15.5. The lowest BCUT2D eigenvalue weighted by Gasteiger charge is -2.46. The monoisotopic (exact) mass is 292 g/mol. The smallest absolute Gasteiger partial charge is 0.119 e. The van der Waals surface area contributed by atoms with Crippen molar-refractivity contribution in [2.75, 3.05) is 40.5 Å². The zero-order valence-corrected chi connectivity index (χ0v) is 13.9. The van der Waals surface area contributed by atoms with Crippen molar-refractivity contribution < 1.29 is 9.47 Å². The van der Waals surface area contributed by atoms with E-state index < -0.39 is 0 Å². The highest BCUT2D eigenvalue weighted by Crippen LogP contribution is 2.34. The van der Waals surface area contributed by atoms with Gasteiger partial charge in [0.2, 0.25) is 0 Å². The largest absolute Gasteiger partial charge is 0.497 e. The Hall–Kier alpha value is -1.10. The molecule has 0 aromatic heterocycles. The van der Waals surface area contributed by atoms with Crippen LogP contribution >= 0.6 is 0 Å². The first kappa shape index (κ1) is 16.3. The Morgan fingerprint density at radius 3 is 2.48 bits per heavy atom. The molecule has 1 N–H and O–H groups in total. The molecule has 1 saturated heterocycles. The maximum atomic E-state index is 5.49. The summed E-state index contributed by atoms with van der Waals surface area (Å²) >= 11 is 0. The van der Waals surface area contributed by atoms with Crippen LogP contribution in [0, 0.1) is 6.92 Å². The molecule has 1 heterocycles. The van der Waals surface area contributed by atoms with Gasteiger partial charge in [-0.25, -0.2) is 0 Å². The zero-order valence-electron chi connectivity index (χ0n) is 13.9. The summed E-state index contributed by atoms with van der Waals surface area (Å²) in [6.45, 7) is 10.4. The van der Waals surface area contributed by atoms with Crippen molar-refractivity contribution in [1.29, 1.82) is 0 Å². The number of hydrogen-bond acceptors (Lipinski definition) is 4. The van der Waals surface area contributed by atoms with Crippen molar-refractivity contribution in [3.8, 4) is 5.75 Å². The Morgan fingerprint density at radius 1 is 1.29 bits per heavy atom. The van der Waals surface area contributed by atoms with Gasteiger partial charge in [-0.05, 0) is 51.1 Å². The van der Waals surface area contributed by atoms with Crippen molar-refractivity contribution in [1.82, 2.24) is 10.2 Å². The van der Waals surface area contributed by atoms with Crippen LogP contribution in [0.4, 0.5) is 0 Å². The molecule has 1 aliphatic heterocycles. The molecule has 4 heteroatoms. The third-order valence-corrected chi connectivity index (χ3v) is 4.61. The molecular formula is C17H28N2O2. The summed E-state index contributed by atoms with van der Waals surface area (Å²) in [5, 5.41) is 3.51. The van der Waals surface area contributed by atoms with E-state index >= 15 is 0 Å². The molecule has 118 valence electrons. The summed E-state index contributed by atoms with van der Waals surface area (Å²) in [6.07, 6.45) is 0. The molecule has 1 atom stereocenters. The Balaban J connectivity index is 2.29. The standard InChI is InChI=1S/C17H28N2O2/c1-13-12-14(20-5)6-7-15(13)16(18-4)17(2,3)19-8-10-21-11-9-19/h6-7,12,16,18H,8-11H2,1-5H3. The molecule has 1 unspecified atom stereocenters. The van der Waals surface area contributed by atoms with Crippen molar-refractivity contribution in [2.45, 2.75) is 32.4 Å². The third-order valence-electron chi connectivity index (χ3n) is 4.61. The van der Waals surface area contributed by atoms with Crippen LogP contribution in [0.1, 0.15) is 31.0 Å². The van der Waals surface area contributed by atoms with Gasteiger partial charge >= 0.3 is 0 Å². The van der Waals surface area contributed by atoms with Crippen LogP contribution in [0.2, 0.25) is 0 Å². The maximum Gasteiger partial charge on any atom is 0.119 e. The number of nitrogens with zero attached hydrogens (tertiary/aromatic N) is 1. The van der Waals surface area contributed by atoms with Gasteiger partial charge in [0.15, 0.2) is 0 Å². The number of morpholine rings is 1. The number of nitrogens with one attached hydrogen (secondary N) is 1. The van der Waals surface area contributed by atoms with Gasteiger partial charge < -0.3 is 14.8 Å². The number of methoxy groups -OCH3 is 1. The van der Waals surface area contributed by atoms with Crippen LogP contribution in [0.5, 0.6) is 5.75 Å². The van der Waals surface area contributed by atoms with E-state index in [0.717, 1.165) is 32.1 Å². The molecule has 21 heavy (non-hydrogen) atoms. The molecule has 1 aromatic carbocycles. The Morgan fingerprint density at radius 2 is 1.95 bits per heavy atom. The van der Waals surface area contributed by atoms with E-state index in [1.807, 2.05) is 13.1 Å². The summed E-state index contributed by atoms with van der Waals surface area (Å²) in [5.74, 6) is 0.912. The summed E-state index contributed by atoms with van der Waals surface area (Å²) < 4.78 is 10.8. The summed E-state index contributed by atoms with van der Waals surface area (Å²) in [6, 6.07) is 6.59. The molecule has 1 aliphatic rings. The second-order valence-corrected chi connectivity index (χ2v) is 6.20. The summed E-state index contributed by atoms with van der Waals surface area (Å²) in [7, 11) is 3.75. The molecule has 0 amide bonds. The number of likely N-dealkylation sites (N-methyl/N-ethyl adjacent to an activating group) is 1. The average Bonchev–Trinajstić information content (AvgIpc) is 2.50. The molecule has 4 nitrogen and oxygen atoms in total. The van der Waals surface area contributed by atoms with Crippen LogP contribution in [-0.4, -0.2) is 50.9 Å². The molecule has 0 radical (unpaired) electrons. The molecule has 0 bridgehead atoms. The number of rotatable bonds is 5. The van der Waals surface area contributed by atoms with Gasteiger partial charge in [0.25, 0.3) is 0 Å². The Kier molecular flexibility index (Phi) is 5.25. The van der Waals surface area contributed by atoms with Crippen molar-refractivity contribution in [2.24, 2.45) is 0 Å². The second-order valence-electron chi connectivity index (χ2n) is 6.20. The first-order valence-electron chi connectivity index (χ1n) is 7.65. The highest BCUT2D eigenvalue weighted by atomic mass is 16.5. The van der Waals surface area contributed by atoms with Gasteiger partial charge in [0.05, 0.1) is 26.4 Å². The molecule has 0 aliphatic carbocycles. The van der Waals surface area contributed by atoms with Crippen molar-refractivity contribution in [3.63, 3.8) is 0 Å². The number of ether oxygens (including phenoxy) is 2. The van der Waals surface area contributed by atoms with Crippen LogP contribution in [0.15, 0.2) is 18.2 Å². The van der Waals surface area contributed by atoms with Gasteiger partial charge in [-0.1, -0.05) is 6.07 Å². The van der Waals surface area contributed by atoms with Gasteiger partial charge in [-0.15, -0.1) is 0 Å². The van der Waals surface area contributed by atoms with Crippen LogP contribution in [-0.2, 0) is 4.74 Å². The fourth-order valence-corrected chi connectivity index (χ4v) is 3.31. The van der Waals surface area contributed by atoms with E-state index in [4.69, 9.17) is 9.47 Å². The minimum Gasteiger partial charge on any atom is -0.497 e. The van der Waals surface area contributed by atoms with E-state index in [-0.39, 0.29) is 11.6 Å². The van der Waals surface area contributed by atoms with E-state index in [0.29, 0.717) is 0 Å². The lowest BCUT2D eigenvalue weighted by molar-refractivity contribution is -0.0229. The first-order valence-corrected chi connectivity index (χ1v) is 7.65. The molecule has 1 fully saturated rings.